The van der Waals surface area contributed by atoms with Gasteiger partial charge in [0.05, 0.1) is 0 Å². The molecule has 1 amide bonds. The molecule has 1 saturated heterocycles. The van der Waals surface area contributed by atoms with Crippen LogP contribution in [0.4, 0.5) is 0 Å². The first-order chi connectivity index (χ1) is 11.7. The average Bonchev–Trinajstić information content (AvgIpc) is 3.24. The summed E-state index contributed by atoms with van der Waals surface area (Å²) in [6, 6.07) is 6.85. The molecule has 1 aliphatic carbocycles. The molecule has 0 radical (unpaired) electrons. The first kappa shape index (κ1) is 15.7. The van der Waals surface area contributed by atoms with Crippen LogP contribution < -0.4 is 5.32 Å². The van der Waals surface area contributed by atoms with Crippen LogP contribution in [0.3, 0.4) is 0 Å². The number of rotatable bonds is 3. The molecule has 128 valence electrons. The minimum Gasteiger partial charge on any atom is -0.368 e. The maximum absolute atomic E-state index is 12.3. The van der Waals surface area contributed by atoms with Crippen LogP contribution >= 0.6 is 0 Å². The Morgan fingerprint density at radius 2 is 2.17 bits per heavy atom. The Labute approximate surface area is 143 Å². The van der Waals surface area contributed by atoms with Crippen LogP contribution in [0.25, 0.3) is 10.9 Å². The second-order valence-corrected chi connectivity index (χ2v) is 7.36. The lowest BCUT2D eigenvalue weighted by atomic mass is 9.81. The van der Waals surface area contributed by atoms with Gasteiger partial charge in [-0.3, -0.25) is 4.79 Å². The Morgan fingerprint density at radius 1 is 1.25 bits per heavy atom. The highest BCUT2D eigenvalue weighted by Gasteiger charge is 2.29. The maximum Gasteiger partial charge on any atom is 0.249 e. The zero-order valence-electron chi connectivity index (χ0n) is 14.3. The number of aromatic nitrogens is 1. The van der Waals surface area contributed by atoms with Gasteiger partial charge in [0.2, 0.25) is 5.91 Å². The first-order valence-electron chi connectivity index (χ1n) is 9.20. The molecule has 4 heteroatoms. The molecule has 1 aliphatic heterocycles. The van der Waals surface area contributed by atoms with Crippen molar-refractivity contribution in [2.75, 3.05) is 6.61 Å². The summed E-state index contributed by atoms with van der Waals surface area (Å²) < 4.78 is 5.51. The number of H-pyrrole nitrogens is 1. The van der Waals surface area contributed by atoms with Crippen LogP contribution in [0.2, 0.25) is 0 Å². The lowest BCUT2D eigenvalue weighted by molar-refractivity contribution is -0.131. The third-order valence-electron chi connectivity index (χ3n) is 5.55. The van der Waals surface area contributed by atoms with E-state index >= 15 is 0 Å². The highest BCUT2D eigenvalue weighted by molar-refractivity contribution is 5.84. The summed E-state index contributed by atoms with van der Waals surface area (Å²) in [5.74, 6) is 0.608. The number of ether oxygens (including phenoxy) is 1. The Balaban J connectivity index is 1.47. The number of aryl methyl sites for hydroxylation is 1. The Bertz CT molecular complexity index is 730. The summed E-state index contributed by atoms with van der Waals surface area (Å²) in [7, 11) is 0. The van der Waals surface area contributed by atoms with Gasteiger partial charge in [-0.1, -0.05) is 18.1 Å². The van der Waals surface area contributed by atoms with Crippen molar-refractivity contribution in [2.24, 2.45) is 0 Å². The van der Waals surface area contributed by atoms with E-state index in [2.05, 4.69) is 41.6 Å². The van der Waals surface area contributed by atoms with Gasteiger partial charge >= 0.3 is 0 Å². The van der Waals surface area contributed by atoms with Crippen molar-refractivity contribution in [3.63, 3.8) is 0 Å². The van der Waals surface area contributed by atoms with Gasteiger partial charge in [0.1, 0.15) is 6.10 Å². The molecule has 1 saturated carbocycles. The minimum atomic E-state index is -0.221. The summed E-state index contributed by atoms with van der Waals surface area (Å²) in [6.07, 6.45) is 8.28. The number of aromatic amines is 1. The van der Waals surface area contributed by atoms with E-state index in [9.17, 15) is 4.79 Å². The number of amides is 1. The van der Waals surface area contributed by atoms with Crippen molar-refractivity contribution in [3.05, 3.63) is 35.5 Å². The van der Waals surface area contributed by atoms with Crippen LogP contribution in [0, 0.1) is 6.92 Å². The number of benzene rings is 1. The fourth-order valence-electron chi connectivity index (χ4n) is 4.28. The zero-order chi connectivity index (χ0) is 16.5. The molecular weight excluding hydrogens is 300 g/mol. The van der Waals surface area contributed by atoms with Crippen LogP contribution in [-0.4, -0.2) is 29.6 Å². The minimum absolute atomic E-state index is 0.0907. The fourth-order valence-corrected chi connectivity index (χ4v) is 4.28. The van der Waals surface area contributed by atoms with Crippen molar-refractivity contribution in [2.45, 2.75) is 63.5 Å². The fraction of sp³-hybridized carbons (Fsp3) is 0.550. The molecule has 3 atom stereocenters. The molecule has 4 nitrogen and oxygen atoms in total. The normalized spacial score (nSPS) is 27.5. The van der Waals surface area contributed by atoms with E-state index in [4.69, 9.17) is 4.74 Å². The molecule has 2 aliphatic rings. The monoisotopic (exact) mass is 326 g/mol. The highest BCUT2D eigenvalue weighted by atomic mass is 16.5. The molecular formula is C20H26N2O2. The van der Waals surface area contributed by atoms with Crippen molar-refractivity contribution in [1.82, 2.24) is 10.3 Å². The summed E-state index contributed by atoms with van der Waals surface area (Å²) >= 11 is 0. The quantitative estimate of drug-likeness (QED) is 0.901. The molecule has 0 bridgehead atoms. The predicted molar refractivity (Wildman–Crippen MR) is 95.1 cm³/mol. The molecule has 2 N–H and O–H groups in total. The first-order valence-corrected chi connectivity index (χ1v) is 9.20. The summed E-state index contributed by atoms with van der Waals surface area (Å²) in [4.78, 5) is 15.7. The van der Waals surface area contributed by atoms with Crippen LogP contribution in [-0.2, 0) is 9.53 Å². The van der Waals surface area contributed by atoms with E-state index in [1.165, 1.54) is 34.9 Å². The van der Waals surface area contributed by atoms with E-state index in [0.717, 1.165) is 32.3 Å². The van der Waals surface area contributed by atoms with Gasteiger partial charge in [-0.15, -0.1) is 0 Å². The van der Waals surface area contributed by atoms with Gasteiger partial charge in [0, 0.05) is 29.7 Å². The van der Waals surface area contributed by atoms with Crippen LogP contribution in [0.1, 0.15) is 55.6 Å². The summed E-state index contributed by atoms with van der Waals surface area (Å²) in [6.45, 7) is 2.86. The molecule has 1 aromatic heterocycles. The predicted octanol–water partition coefficient (Wildman–Crippen LogP) is 3.80. The molecule has 0 unspecified atom stereocenters. The Kier molecular flexibility index (Phi) is 4.31. The van der Waals surface area contributed by atoms with Crippen molar-refractivity contribution >= 4 is 16.8 Å². The van der Waals surface area contributed by atoms with E-state index < -0.39 is 0 Å². The smallest absolute Gasteiger partial charge is 0.249 e. The average molecular weight is 326 g/mol. The van der Waals surface area contributed by atoms with E-state index in [-0.39, 0.29) is 18.1 Å². The Hall–Kier alpha value is -1.81. The molecule has 1 aromatic carbocycles. The summed E-state index contributed by atoms with van der Waals surface area (Å²) in [5.41, 5.74) is 3.91. The molecule has 2 fully saturated rings. The van der Waals surface area contributed by atoms with Gasteiger partial charge in [-0.25, -0.2) is 0 Å². The molecule has 2 aromatic rings. The SMILES string of the molecule is Cc1ccc2[nH]cc([C@H]3CCC[C@H](NC(=O)[C@@H]4CCCO4)C3)c2c1. The number of carbonyl (C=O) groups excluding carboxylic acids is 1. The van der Waals surface area contributed by atoms with E-state index in [1.54, 1.807) is 0 Å². The maximum atomic E-state index is 12.3. The number of nitrogens with one attached hydrogen (secondary N) is 2. The van der Waals surface area contributed by atoms with Gasteiger partial charge in [0.25, 0.3) is 0 Å². The van der Waals surface area contributed by atoms with Crippen molar-refractivity contribution in [1.29, 1.82) is 0 Å². The zero-order valence-corrected chi connectivity index (χ0v) is 14.3. The van der Waals surface area contributed by atoms with E-state index in [1.807, 2.05) is 0 Å². The van der Waals surface area contributed by atoms with Gasteiger partial charge in [-0.2, -0.15) is 0 Å². The van der Waals surface area contributed by atoms with Gasteiger partial charge < -0.3 is 15.0 Å². The third-order valence-corrected chi connectivity index (χ3v) is 5.55. The lowest BCUT2D eigenvalue weighted by Gasteiger charge is -2.30. The molecule has 2 heterocycles. The number of hydrogen-bond acceptors (Lipinski definition) is 2. The number of carbonyl (C=O) groups is 1. The highest BCUT2D eigenvalue weighted by Crippen LogP contribution is 2.37. The number of hydrogen-bond donors (Lipinski definition) is 2. The lowest BCUT2D eigenvalue weighted by Crippen LogP contribution is -2.43. The second-order valence-electron chi connectivity index (χ2n) is 7.36. The van der Waals surface area contributed by atoms with Gasteiger partial charge in [0.15, 0.2) is 0 Å². The molecule has 0 spiro atoms. The van der Waals surface area contributed by atoms with E-state index in [0.29, 0.717) is 5.92 Å². The number of fused-ring (bicyclic) bond motifs is 1. The standard InChI is InChI=1S/C20H26N2O2/c1-13-7-8-18-16(10-13)17(12-21-18)14-4-2-5-15(11-14)22-20(23)19-6-3-9-24-19/h7-8,10,12,14-15,19,21H,2-6,9,11H2,1H3,(H,22,23)/t14-,15-,19-/m0/s1. The largest absolute Gasteiger partial charge is 0.368 e. The molecule has 4 rings (SSSR count). The van der Waals surface area contributed by atoms with Crippen LogP contribution in [0.5, 0.6) is 0 Å². The van der Waals surface area contributed by atoms with Crippen molar-refractivity contribution < 1.29 is 9.53 Å². The second kappa shape index (κ2) is 6.60. The topological polar surface area (TPSA) is 54.1 Å². The van der Waals surface area contributed by atoms with Gasteiger partial charge in [-0.05, 0) is 62.6 Å². The third kappa shape index (κ3) is 3.07. The molecule has 24 heavy (non-hydrogen) atoms. The van der Waals surface area contributed by atoms with Crippen molar-refractivity contribution in [3.8, 4) is 0 Å². The Morgan fingerprint density at radius 3 is 3.00 bits per heavy atom. The van der Waals surface area contributed by atoms with Crippen LogP contribution in [0.15, 0.2) is 24.4 Å². The summed E-state index contributed by atoms with van der Waals surface area (Å²) in [5, 5.41) is 4.58.